The lowest BCUT2D eigenvalue weighted by Crippen LogP contribution is -2.12. The minimum absolute atomic E-state index is 0.0181. The van der Waals surface area contributed by atoms with E-state index in [-0.39, 0.29) is 22.9 Å². The number of anilines is 1. The van der Waals surface area contributed by atoms with Crippen LogP contribution in [0.4, 0.5) is 19.0 Å². The van der Waals surface area contributed by atoms with Crippen LogP contribution >= 0.6 is 0 Å². The van der Waals surface area contributed by atoms with E-state index < -0.39 is 17.6 Å². The Morgan fingerprint density at radius 3 is 2.42 bits per heavy atom. The van der Waals surface area contributed by atoms with Gasteiger partial charge in [-0.1, -0.05) is 17.3 Å². The third-order valence-electron chi connectivity index (χ3n) is 3.36. The van der Waals surface area contributed by atoms with Gasteiger partial charge in [-0.2, -0.15) is 13.2 Å². The molecule has 1 N–H and O–H groups in total. The van der Waals surface area contributed by atoms with E-state index in [1.54, 1.807) is 25.1 Å². The Morgan fingerprint density at radius 2 is 1.77 bits per heavy atom. The van der Waals surface area contributed by atoms with Crippen LogP contribution in [0, 0.1) is 6.92 Å². The number of benzene rings is 2. The van der Waals surface area contributed by atoms with Crippen molar-refractivity contribution in [3.05, 3.63) is 71.5 Å². The van der Waals surface area contributed by atoms with Crippen LogP contribution < -0.4 is 10.1 Å². The van der Waals surface area contributed by atoms with Gasteiger partial charge in [-0.05, 0) is 43.3 Å². The van der Waals surface area contributed by atoms with Crippen molar-refractivity contribution < 1.29 is 27.2 Å². The van der Waals surface area contributed by atoms with Crippen LogP contribution in [0.25, 0.3) is 0 Å². The van der Waals surface area contributed by atoms with Crippen molar-refractivity contribution in [3.63, 3.8) is 0 Å². The molecule has 0 aliphatic carbocycles. The number of carbonyl (C=O) groups is 1. The number of hydrogen-bond donors (Lipinski definition) is 1. The van der Waals surface area contributed by atoms with E-state index in [0.717, 1.165) is 12.1 Å². The normalized spacial score (nSPS) is 11.2. The van der Waals surface area contributed by atoms with Crippen LogP contribution in [0.15, 0.2) is 59.1 Å². The maximum atomic E-state index is 12.8. The zero-order valence-electron chi connectivity index (χ0n) is 13.5. The quantitative estimate of drug-likeness (QED) is 0.706. The molecule has 0 saturated heterocycles. The fourth-order valence-corrected chi connectivity index (χ4v) is 2.19. The second kappa shape index (κ2) is 6.91. The van der Waals surface area contributed by atoms with Gasteiger partial charge in [0.2, 0.25) is 0 Å². The van der Waals surface area contributed by atoms with Crippen molar-refractivity contribution in [2.45, 2.75) is 13.1 Å². The van der Waals surface area contributed by atoms with E-state index in [0.29, 0.717) is 5.76 Å². The second-order valence-corrected chi connectivity index (χ2v) is 5.43. The number of halogens is 3. The minimum Gasteiger partial charge on any atom is -0.457 e. The molecule has 0 saturated carbocycles. The first kappa shape index (κ1) is 17.5. The van der Waals surface area contributed by atoms with Crippen LogP contribution in [0.3, 0.4) is 0 Å². The highest BCUT2D eigenvalue weighted by Crippen LogP contribution is 2.32. The number of hydrogen-bond acceptors (Lipinski definition) is 4. The fraction of sp³-hybridized carbons (Fsp3) is 0.111. The van der Waals surface area contributed by atoms with Gasteiger partial charge >= 0.3 is 6.18 Å². The number of aryl methyl sites for hydroxylation is 1. The Morgan fingerprint density at radius 1 is 1.08 bits per heavy atom. The van der Waals surface area contributed by atoms with Crippen molar-refractivity contribution >= 4 is 11.7 Å². The molecular weight excluding hydrogens is 349 g/mol. The van der Waals surface area contributed by atoms with Crippen molar-refractivity contribution in [2.75, 3.05) is 5.32 Å². The molecule has 8 heteroatoms. The predicted molar refractivity (Wildman–Crippen MR) is 87.2 cm³/mol. The lowest BCUT2D eigenvalue weighted by Gasteiger charge is -2.10. The minimum atomic E-state index is -4.46. The van der Waals surface area contributed by atoms with Crippen molar-refractivity contribution in [1.82, 2.24) is 5.16 Å². The number of nitrogens with one attached hydrogen (secondary N) is 1. The van der Waals surface area contributed by atoms with Crippen LogP contribution in [-0.4, -0.2) is 11.1 Å². The number of aromatic nitrogens is 1. The molecule has 26 heavy (non-hydrogen) atoms. The number of amides is 1. The summed E-state index contributed by atoms with van der Waals surface area (Å²) in [6, 6.07) is 12.1. The van der Waals surface area contributed by atoms with Gasteiger partial charge in [0, 0.05) is 11.6 Å². The summed E-state index contributed by atoms with van der Waals surface area (Å²) in [7, 11) is 0. The van der Waals surface area contributed by atoms with Crippen LogP contribution in [-0.2, 0) is 6.18 Å². The first-order valence-corrected chi connectivity index (χ1v) is 7.51. The van der Waals surface area contributed by atoms with Gasteiger partial charge in [-0.25, -0.2) is 0 Å². The summed E-state index contributed by atoms with van der Waals surface area (Å²) >= 11 is 0. The third-order valence-corrected chi connectivity index (χ3v) is 3.36. The lowest BCUT2D eigenvalue weighted by atomic mass is 10.2. The average molecular weight is 362 g/mol. The van der Waals surface area contributed by atoms with Crippen LogP contribution in [0.1, 0.15) is 21.7 Å². The van der Waals surface area contributed by atoms with Crippen LogP contribution in [0.5, 0.6) is 11.5 Å². The summed E-state index contributed by atoms with van der Waals surface area (Å²) in [6.45, 7) is 1.69. The van der Waals surface area contributed by atoms with Crippen molar-refractivity contribution in [1.29, 1.82) is 0 Å². The zero-order valence-corrected chi connectivity index (χ0v) is 13.5. The molecule has 1 amide bonds. The first-order chi connectivity index (χ1) is 12.3. The molecule has 0 unspecified atom stereocenters. The maximum Gasteiger partial charge on any atom is 0.416 e. The third kappa shape index (κ3) is 4.21. The summed E-state index contributed by atoms with van der Waals surface area (Å²) in [5.74, 6) is 0.601. The van der Waals surface area contributed by atoms with Gasteiger partial charge in [0.1, 0.15) is 17.3 Å². The Labute approximate surface area is 146 Å². The van der Waals surface area contributed by atoms with E-state index in [2.05, 4.69) is 10.5 Å². The zero-order chi connectivity index (χ0) is 18.7. The lowest BCUT2D eigenvalue weighted by molar-refractivity contribution is -0.137. The van der Waals surface area contributed by atoms with Gasteiger partial charge in [-0.3, -0.25) is 4.79 Å². The molecule has 2 aromatic carbocycles. The Kier molecular flexibility index (Phi) is 4.66. The largest absolute Gasteiger partial charge is 0.457 e. The predicted octanol–water partition coefficient (Wildman–Crippen LogP) is 5.05. The number of ether oxygens (including phenoxy) is 1. The molecule has 0 aliphatic heterocycles. The maximum absolute atomic E-state index is 12.8. The molecule has 0 radical (unpaired) electrons. The van der Waals surface area contributed by atoms with E-state index in [9.17, 15) is 18.0 Å². The van der Waals surface area contributed by atoms with Crippen LogP contribution in [0.2, 0.25) is 0 Å². The number of alkyl halides is 3. The number of rotatable bonds is 4. The molecule has 0 spiro atoms. The topological polar surface area (TPSA) is 64.4 Å². The summed E-state index contributed by atoms with van der Waals surface area (Å²) < 4.78 is 48.6. The van der Waals surface area contributed by atoms with Gasteiger partial charge in [0.05, 0.1) is 5.56 Å². The Bertz CT molecular complexity index is 935. The summed E-state index contributed by atoms with van der Waals surface area (Å²) in [5.41, 5.74) is -0.555. The standard InChI is InChI=1S/C18H13F3N2O3/c1-11-8-16(23-26-11)22-17(24)12-4-2-6-14(9-12)25-15-7-3-5-13(10-15)18(19,20)21/h2-10H,1H3,(H,22,23,24). The summed E-state index contributed by atoms with van der Waals surface area (Å²) in [5, 5.41) is 6.21. The monoisotopic (exact) mass is 362 g/mol. The van der Waals surface area contributed by atoms with E-state index in [1.165, 1.54) is 24.3 Å². The molecule has 0 atom stereocenters. The molecule has 3 aromatic rings. The molecule has 134 valence electrons. The van der Waals surface area contributed by atoms with E-state index in [1.807, 2.05) is 0 Å². The Balaban J connectivity index is 1.76. The van der Waals surface area contributed by atoms with Gasteiger partial charge in [-0.15, -0.1) is 0 Å². The smallest absolute Gasteiger partial charge is 0.416 e. The Hall–Kier alpha value is -3.29. The molecule has 3 rings (SSSR count). The first-order valence-electron chi connectivity index (χ1n) is 7.51. The molecular formula is C18H13F3N2O3. The molecule has 5 nitrogen and oxygen atoms in total. The molecule has 1 heterocycles. The summed E-state index contributed by atoms with van der Waals surface area (Å²) in [4.78, 5) is 12.2. The molecule has 1 aromatic heterocycles. The average Bonchev–Trinajstić information content (AvgIpc) is 2.99. The summed E-state index contributed by atoms with van der Waals surface area (Å²) in [6.07, 6.45) is -4.46. The highest BCUT2D eigenvalue weighted by atomic mass is 19.4. The molecule has 0 fully saturated rings. The number of carbonyl (C=O) groups excluding carboxylic acids is 1. The number of nitrogens with zero attached hydrogens (tertiary/aromatic N) is 1. The van der Waals surface area contributed by atoms with Gasteiger partial charge in [0.25, 0.3) is 5.91 Å². The fourth-order valence-electron chi connectivity index (χ4n) is 2.19. The van der Waals surface area contributed by atoms with Gasteiger partial charge in [0.15, 0.2) is 5.82 Å². The van der Waals surface area contributed by atoms with Crippen molar-refractivity contribution in [3.8, 4) is 11.5 Å². The second-order valence-electron chi connectivity index (χ2n) is 5.43. The highest BCUT2D eigenvalue weighted by molar-refractivity contribution is 6.03. The SMILES string of the molecule is Cc1cc(NC(=O)c2cccc(Oc3cccc(C(F)(F)F)c3)c2)no1. The van der Waals surface area contributed by atoms with Gasteiger partial charge < -0.3 is 14.6 Å². The highest BCUT2D eigenvalue weighted by Gasteiger charge is 2.30. The van der Waals surface area contributed by atoms with Crippen molar-refractivity contribution in [2.24, 2.45) is 0 Å². The molecule has 0 bridgehead atoms. The van der Waals surface area contributed by atoms with E-state index in [4.69, 9.17) is 9.26 Å². The molecule has 0 aliphatic rings. The van der Waals surface area contributed by atoms with E-state index >= 15 is 0 Å².